The van der Waals surface area contributed by atoms with Gasteiger partial charge < -0.3 is 10.4 Å². The maximum atomic E-state index is 12.1. The first-order valence-electron chi connectivity index (χ1n) is 7.49. The lowest BCUT2D eigenvalue weighted by Crippen LogP contribution is -2.35. The van der Waals surface area contributed by atoms with Crippen LogP contribution in [0, 0.1) is 0 Å². The van der Waals surface area contributed by atoms with Crippen LogP contribution in [0.5, 0.6) is 0 Å². The van der Waals surface area contributed by atoms with Gasteiger partial charge in [0.15, 0.2) is 0 Å². The molecule has 0 radical (unpaired) electrons. The number of carbonyl (C=O) groups is 1. The van der Waals surface area contributed by atoms with E-state index in [1.807, 2.05) is 0 Å². The summed E-state index contributed by atoms with van der Waals surface area (Å²) in [6, 6.07) is 5.15. The van der Waals surface area contributed by atoms with Crippen LogP contribution in [-0.2, 0) is 21.3 Å². The van der Waals surface area contributed by atoms with Crippen LogP contribution in [0.3, 0.4) is 0 Å². The lowest BCUT2D eigenvalue weighted by atomic mass is 9.82. The summed E-state index contributed by atoms with van der Waals surface area (Å²) in [5.74, 6) is 0.155. The Balaban J connectivity index is 2.00. The van der Waals surface area contributed by atoms with E-state index in [9.17, 15) is 14.1 Å². The van der Waals surface area contributed by atoms with E-state index in [1.54, 1.807) is 24.5 Å². The number of anilines is 1. The number of amides is 1. The number of halogens is 1. The zero-order valence-corrected chi connectivity index (χ0v) is 14.3. The van der Waals surface area contributed by atoms with Crippen LogP contribution in [-0.4, -0.2) is 27.1 Å². The summed E-state index contributed by atoms with van der Waals surface area (Å²) in [7, 11) is -0.997. The van der Waals surface area contributed by atoms with Crippen molar-refractivity contribution in [2.75, 3.05) is 11.6 Å². The molecule has 0 saturated heterocycles. The summed E-state index contributed by atoms with van der Waals surface area (Å²) in [6.45, 7) is 0. The second kappa shape index (κ2) is 7.57. The first-order valence-corrected chi connectivity index (χ1v) is 9.59. The maximum Gasteiger partial charge on any atom is 0.227 e. The van der Waals surface area contributed by atoms with Crippen molar-refractivity contribution in [3.63, 3.8) is 0 Å². The summed E-state index contributed by atoms with van der Waals surface area (Å²) in [5, 5.41) is 13.8. The van der Waals surface area contributed by atoms with Gasteiger partial charge in [0.2, 0.25) is 5.91 Å². The van der Waals surface area contributed by atoms with Crippen LogP contribution in [0.15, 0.2) is 18.2 Å². The molecule has 1 aromatic carbocycles. The average molecular weight is 344 g/mol. The molecule has 2 rings (SSSR count). The highest BCUT2D eigenvalue weighted by Gasteiger charge is 2.31. The number of benzene rings is 1. The fourth-order valence-electron chi connectivity index (χ4n) is 2.87. The zero-order chi connectivity index (χ0) is 16.2. The van der Waals surface area contributed by atoms with Crippen LogP contribution in [0.1, 0.15) is 44.1 Å². The van der Waals surface area contributed by atoms with E-state index < -0.39 is 16.4 Å². The third-order valence-electron chi connectivity index (χ3n) is 3.96. The van der Waals surface area contributed by atoms with E-state index >= 15 is 0 Å². The number of hydrogen-bond donors (Lipinski definition) is 2. The van der Waals surface area contributed by atoms with E-state index in [0.717, 1.165) is 24.8 Å². The molecule has 1 atom stereocenters. The Morgan fingerprint density at radius 3 is 2.68 bits per heavy atom. The third-order valence-corrected chi connectivity index (χ3v) is 5.05. The quantitative estimate of drug-likeness (QED) is 0.862. The van der Waals surface area contributed by atoms with Crippen molar-refractivity contribution in [1.29, 1.82) is 0 Å². The highest BCUT2D eigenvalue weighted by molar-refractivity contribution is 7.83. The Kier molecular flexibility index (Phi) is 6.01. The Bertz CT molecular complexity index is 571. The van der Waals surface area contributed by atoms with Gasteiger partial charge in [-0.2, -0.15) is 0 Å². The fraction of sp³-hybridized carbons (Fsp3) is 0.562. The molecule has 4 nitrogen and oxygen atoms in total. The van der Waals surface area contributed by atoms with Crippen molar-refractivity contribution in [2.45, 2.75) is 49.9 Å². The Hall–Kier alpha value is -0.910. The van der Waals surface area contributed by atoms with Crippen LogP contribution >= 0.6 is 11.6 Å². The first-order chi connectivity index (χ1) is 10.4. The van der Waals surface area contributed by atoms with Crippen molar-refractivity contribution >= 4 is 34.0 Å². The highest BCUT2D eigenvalue weighted by Crippen LogP contribution is 2.31. The highest BCUT2D eigenvalue weighted by atomic mass is 35.5. The summed E-state index contributed by atoms with van der Waals surface area (Å²) >= 11 is 6.07. The monoisotopic (exact) mass is 343 g/mol. The van der Waals surface area contributed by atoms with E-state index in [0.29, 0.717) is 29.3 Å². The van der Waals surface area contributed by atoms with Gasteiger partial charge in [-0.25, -0.2) is 0 Å². The lowest BCUT2D eigenvalue weighted by Gasteiger charge is -2.31. The molecule has 1 aliphatic carbocycles. The van der Waals surface area contributed by atoms with Crippen molar-refractivity contribution in [3.05, 3.63) is 28.8 Å². The predicted molar refractivity (Wildman–Crippen MR) is 90.5 cm³/mol. The molecule has 1 unspecified atom stereocenters. The van der Waals surface area contributed by atoms with Crippen LogP contribution in [0.2, 0.25) is 5.02 Å². The van der Waals surface area contributed by atoms with Crippen LogP contribution in [0.25, 0.3) is 0 Å². The van der Waals surface area contributed by atoms with Gasteiger partial charge in [-0.05, 0) is 36.6 Å². The molecular formula is C16H22ClNO3S. The fourth-order valence-corrected chi connectivity index (χ4v) is 3.81. The minimum Gasteiger partial charge on any atom is -0.389 e. The van der Waals surface area contributed by atoms with E-state index in [4.69, 9.17) is 11.6 Å². The minimum absolute atomic E-state index is 0.116. The molecule has 0 aromatic heterocycles. The van der Waals surface area contributed by atoms with Gasteiger partial charge in [-0.15, -0.1) is 0 Å². The molecule has 0 bridgehead atoms. The van der Waals surface area contributed by atoms with Gasteiger partial charge in [0.05, 0.1) is 12.0 Å². The number of nitrogens with one attached hydrogen (secondary N) is 1. The van der Waals surface area contributed by atoms with Gasteiger partial charge in [0, 0.05) is 33.5 Å². The smallest absolute Gasteiger partial charge is 0.227 e. The summed E-state index contributed by atoms with van der Waals surface area (Å²) in [5.41, 5.74) is 0.494. The normalized spacial score (nSPS) is 18.7. The summed E-state index contributed by atoms with van der Waals surface area (Å²) < 4.78 is 11.3. The van der Waals surface area contributed by atoms with Gasteiger partial charge in [0.25, 0.3) is 0 Å². The molecule has 122 valence electrons. The van der Waals surface area contributed by atoms with Crippen LogP contribution in [0.4, 0.5) is 5.69 Å². The first kappa shape index (κ1) is 17.4. The zero-order valence-electron chi connectivity index (χ0n) is 12.7. The topological polar surface area (TPSA) is 66.4 Å². The molecule has 22 heavy (non-hydrogen) atoms. The molecule has 1 amide bonds. The molecule has 0 spiro atoms. The van der Waals surface area contributed by atoms with Gasteiger partial charge >= 0.3 is 0 Å². The Morgan fingerprint density at radius 1 is 1.36 bits per heavy atom. The maximum absolute atomic E-state index is 12.1. The van der Waals surface area contributed by atoms with Gasteiger partial charge in [0.1, 0.15) is 0 Å². The largest absolute Gasteiger partial charge is 0.389 e. The second-order valence-corrected chi connectivity index (χ2v) is 7.88. The molecule has 1 aliphatic rings. The molecule has 1 saturated carbocycles. The van der Waals surface area contributed by atoms with Crippen molar-refractivity contribution < 1.29 is 14.1 Å². The molecule has 6 heteroatoms. The van der Waals surface area contributed by atoms with Crippen molar-refractivity contribution in [1.82, 2.24) is 0 Å². The second-order valence-electron chi connectivity index (χ2n) is 6.03. The van der Waals surface area contributed by atoms with E-state index in [1.165, 1.54) is 0 Å². The SMILES string of the molecule is CS(=O)Cc1cc(NC(=O)CC2(O)CCCCC2)ccc1Cl. The van der Waals surface area contributed by atoms with Crippen molar-refractivity contribution in [3.8, 4) is 0 Å². The van der Waals surface area contributed by atoms with E-state index in [2.05, 4.69) is 5.32 Å². The van der Waals surface area contributed by atoms with E-state index in [-0.39, 0.29) is 12.3 Å². The number of hydrogen-bond acceptors (Lipinski definition) is 3. The van der Waals surface area contributed by atoms with Crippen molar-refractivity contribution in [2.24, 2.45) is 0 Å². The number of rotatable bonds is 5. The number of carbonyl (C=O) groups excluding carboxylic acids is 1. The predicted octanol–water partition coefficient (Wildman–Crippen LogP) is 3.24. The lowest BCUT2D eigenvalue weighted by molar-refractivity contribution is -0.122. The number of aliphatic hydroxyl groups is 1. The molecular weight excluding hydrogens is 322 g/mol. The molecule has 1 fully saturated rings. The summed E-state index contributed by atoms with van der Waals surface area (Å²) in [6.07, 6.45) is 6.15. The van der Waals surface area contributed by atoms with Gasteiger partial charge in [-0.1, -0.05) is 30.9 Å². The Morgan fingerprint density at radius 2 is 2.05 bits per heavy atom. The molecule has 2 N–H and O–H groups in total. The molecule has 1 aromatic rings. The van der Waals surface area contributed by atoms with Crippen LogP contribution < -0.4 is 5.32 Å². The third kappa shape index (κ3) is 5.07. The Labute approximate surface area is 138 Å². The molecule has 0 aliphatic heterocycles. The minimum atomic E-state index is -0.997. The molecule has 0 heterocycles. The summed E-state index contributed by atoms with van der Waals surface area (Å²) in [4.78, 5) is 12.1. The van der Waals surface area contributed by atoms with Gasteiger partial charge in [-0.3, -0.25) is 9.00 Å². The average Bonchev–Trinajstić information content (AvgIpc) is 2.42. The standard InChI is InChI=1S/C16H22ClNO3S/c1-22(21)11-12-9-13(5-6-14(12)17)18-15(19)10-16(20)7-3-2-4-8-16/h5-6,9,20H,2-4,7-8,10-11H2,1H3,(H,18,19).